The number of hydrogen-bond acceptors (Lipinski definition) is 2. The summed E-state index contributed by atoms with van der Waals surface area (Å²) in [6.45, 7) is 4.29. The molecule has 0 saturated carbocycles. The molecule has 0 heterocycles. The number of rotatable bonds is 4. The number of aryl methyl sites for hydroxylation is 1. The smallest absolute Gasteiger partial charge is 0.224 e. The Labute approximate surface area is 96.2 Å². The van der Waals surface area contributed by atoms with E-state index >= 15 is 0 Å². The van der Waals surface area contributed by atoms with Gasteiger partial charge in [0, 0.05) is 17.8 Å². The van der Waals surface area contributed by atoms with Crippen molar-refractivity contribution in [2.45, 2.75) is 20.3 Å². The summed E-state index contributed by atoms with van der Waals surface area (Å²) >= 11 is 0. The first-order chi connectivity index (χ1) is 7.67. The number of amides is 1. The Morgan fingerprint density at radius 2 is 2.25 bits per heavy atom. The van der Waals surface area contributed by atoms with Gasteiger partial charge in [-0.1, -0.05) is 18.9 Å². The maximum atomic E-state index is 11.2. The van der Waals surface area contributed by atoms with Crippen molar-refractivity contribution in [1.82, 2.24) is 0 Å². The third kappa shape index (κ3) is 3.32. The molecule has 0 aliphatic carbocycles. The lowest BCUT2D eigenvalue weighted by molar-refractivity contribution is -0.115. The SMILES string of the molecule is C#CCNc1cc(NC(=O)CC)ccc1C. The Morgan fingerprint density at radius 3 is 2.88 bits per heavy atom. The number of carbonyl (C=O) groups is 1. The molecule has 0 aliphatic heterocycles. The van der Waals surface area contributed by atoms with Crippen molar-refractivity contribution >= 4 is 17.3 Å². The molecule has 0 saturated heterocycles. The fourth-order valence-corrected chi connectivity index (χ4v) is 1.29. The molecule has 0 spiro atoms. The summed E-state index contributed by atoms with van der Waals surface area (Å²) in [4.78, 5) is 11.2. The number of benzene rings is 1. The minimum Gasteiger partial charge on any atom is -0.374 e. The van der Waals surface area contributed by atoms with E-state index in [1.165, 1.54) is 0 Å². The van der Waals surface area contributed by atoms with E-state index in [-0.39, 0.29) is 5.91 Å². The molecule has 0 fully saturated rings. The fraction of sp³-hybridized carbons (Fsp3) is 0.308. The second-order valence-corrected chi connectivity index (χ2v) is 3.49. The van der Waals surface area contributed by atoms with Gasteiger partial charge in [-0.05, 0) is 24.6 Å². The number of terminal acetylenes is 1. The number of hydrogen-bond donors (Lipinski definition) is 2. The third-order valence-electron chi connectivity index (χ3n) is 2.22. The van der Waals surface area contributed by atoms with E-state index in [9.17, 15) is 4.79 Å². The van der Waals surface area contributed by atoms with Crippen molar-refractivity contribution in [2.24, 2.45) is 0 Å². The first-order valence-electron chi connectivity index (χ1n) is 5.25. The van der Waals surface area contributed by atoms with Crippen molar-refractivity contribution in [3.05, 3.63) is 23.8 Å². The lowest BCUT2D eigenvalue weighted by Gasteiger charge is -2.10. The highest BCUT2D eigenvalue weighted by molar-refractivity contribution is 5.91. The number of nitrogens with one attached hydrogen (secondary N) is 2. The van der Waals surface area contributed by atoms with Crippen molar-refractivity contribution in [3.63, 3.8) is 0 Å². The van der Waals surface area contributed by atoms with E-state index < -0.39 is 0 Å². The summed E-state index contributed by atoms with van der Waals surface area (Å²) in [7, 11) is 0. The molecule has 0 bridgehead atoms. The number of carbonyl (C=O) groups excluding carboxylic acids is 1. The molecule has 16 heavy (non-hydrogen) atoms. The van der Waals surface area contributed by atoms with Gasteiger partial charge in [0.25, 0.3) is 0 Å². The van der Waals surface area contributed by atoms with Crippen molar-refractivity contribution in [1.29, 1.82) is 0 Å². The zero-order valence-electron chi connectivity index (χ0n) is 9.63. The van der Waals surface area contributed by atoms with Gasteiger partial charge in [-0.2, -0.15) is 0 Å². The van der Waals surface area contributed by atoms with Gasteiger partial charge < -0.3 is 10.6 Å². The second kappa shape index (κ2) is 5.82. The van der Waals surface area contributed by atoms with Crippen LogP contribution >= 0.6 is 0 Å². The van der Waals surface area contributed by atoms with E-state index in [0.717, 1.165) is 16.9 Å². The minimum atomic E-state index is 0.00625. The Kier molecular flexibility index (Phi) is 4.41. The largest absolute Gasteiger partial charge is 0.374 e. The van der Waals surface area contributed by atoms with Crippen molar-refractivity contribution < 1.29 is 4.79 Å². The highest BCUT2D eigenvalue weighted by Crippen LogP contribution is 2.20. The maximum absolute atomic E-state index is 11.2. The molecule has 0 radical (unpaired) electrons. The van der Waals surface area contributed by atoms with Crippen LogP contribution in [0.3, 0.4) is 0 Å². The van der Waals surface area contributed by atoms with E-state index in [0.29, 0.717) is 13.0 Å². The van der Waals surface area contributed by atoms with Crippen molar-refractivity contribution in [2.75, 3.05) is 17.2 Å². The second-order valence-electron chi connectivity index (χ2n) is 3.49. The molecule has 1 rings (SSSR count). The molecule has 3 nitrogen and oxygen atoms in total. The van der Waals surface area contributed by atoms with Crippen LogP contribution in [0.5, 0.6) is 0 Å². The Hall–Kier alpha value is -1.95. The Morgan fingerprint density at radius 1 is 1.50 bits per heavy atom. The molecule has 0 atom stereocenters. The first-order valence-corrected chi connectivity index (χ1v) is 5.25. The van der Waals surface area contributed by atoms with Crippen LogP contribution in [0.1, 0.15) is 18.9 Å². The van der Waals surface area contributed by atoms with Gasteiger partial charge in [-0.25, -0.2) is 0 Å². The summed E-state index contributed by atoms with van der Waals surface area (Å²) in [6, 6.07) is 5.72. The zero-order chi connectivity index (χ0) is 12.0. The van der Waals surface area contributed by atoms with Crippen LogP contribution in [0.4, 0.5) is 11.4 Å². The van der Waals surface area contributed by atoms with E-state index in [2.05, 4.69) is 16.6 Å². The maximum Gasteiger partial charge on any atom is 0.224 e. The molecule has 1 aromatic carbocycles. The predicted molar refractivity (Wildman–Crippen MR) is 67.4 cm³/mol. The van der Waals surface area contributed by atoms with Crippen LogP contribution in [-0.4, -0.2) is 12.5 Å². The molecular formula is C13H16N2O. The Bertz CT molecular complexity index is 418. The molecule has 3 heteroatoms. The highest BCUT2D eigenvalue weighted by Gasteiger charge is 2.02. The van der Waals surface area contributed by atoms with Crippen LogP contribution in [0.15, 0.2) is 18.2 Å². The van der Waals surface area contributed by atoms with Crippen LogP contribution in [0.2, 0.25) is 0 Å². The monoisotopic (exact) mass is 216 g/mol. The predicted octanol–water partition coefficient (Wildman–Crippen LogP) is 2.39. The lowest BCUT2D eigenvalue weighted by Crippen LogP contribution is -2.10. The van der Waals surface area contributed by atoms with E-state index in [4.69, 9.17) is 6.42 Å². The van der Waals surface area contributed by atoms with Gasteiger partial charge in [0.2, 0.25) is 5.91 Å². The first kappa shape index (κ1) is 12.1. The summed E-state index contributed by atoms with van der Waals surface area (Å²) in [5.41, 5.74) is 2.84. The standard InChI is InChI=1S/C13H16N2O/c1-4-8-14-12-9-11(7-6-10(12)3)15-13(16)5-2/h1,6-7,9,14H,5,8H2,2-3H3,(H,15,16). The van der Waals surface area contributed by atoms with Crippen molar-refractivity contribution in [3.8, 4) is 12.3 Å². The zero-order valence-corrected chi connectivity index (χ0v) is 9.63. The molecule has 0 aromatic heterocycles. The van der Waals surface area contributed by atoms with Gasteiger partial charge in [-0.15, -0.1) is 6.42 Å². The van der Waals surface area contributed by atoms with Gasteiger partial charge in [0.1, 0.15) is 0 Å². The van der Waals surface area contributed by atoms with Gasteiger partial charge in [0.05, 0.1) is 6.54 Å². The molecule has 0 aliphatic rings. The molecule has 1 aromatic rings. The fourth-order valence-electron chi connectivity index (χ4n) is 1.29. The highest BCUT2D eigenvalue weighted by atomic mass is 16.1. The molecule has 1 amide bonds. The van der Waals surface area contributed by atoms with Gasteiger partial charge >= 0.3 is 0 Å². The molecule has 84 valence electrons. The molecule has 0 unspecified atom stereocenters. The summed E-state index contributed by atoms with van der Waals surface area (Å²) in [5.74, 6) is 2.52. The lowest BCUT2D eigenvalue weighted by atomic mass is 10.1. The quantitative estimate of drug-likeness (QED) is 0.759. The van der Waals surface area contributed by atoms with Crippen LogP contribution < -0.4 is 10.6 Å². The van der Waals surface area contributed by atoms with E-state index in [1.807, 2.05) is 32.0 Å². The molecule has 2 N–H and O–H groups in total. The van der Waals surface area contributed by atoms with Gasteiger partial charge in [-0.3, -0.25) is 4.79 Å². The average molecular weight is 216 g/mol. The summed E-state index contributed by atoms with van der Waals surface area (Å²) < 4.78 is 0. The summed E-state index contributed by atoms with van der Waals surface area (Å²) in [6.07, 6.45) is 5.66. The average Bonchev–Trinajstić information content (AvgIpc) is 2.29. The third-order valence-corrected chi connectivity index (χ3v) is 2.22. The van der Waals surface area contributed by atoms with E-state index in [1.54, 1.807) is 0 Å². The normalized spacial score (nSPS) is 9.31. The van der Waals surface area contributed by atoms with Crippen LogP contribution in [0.25, 0.3) is 0 Å². The van der Waals surface area contributed by atoms with Gasteiger partial charge in [0.15, 0.2) is 0 Å². The topological polar surface area (TPSA) is 41.1 Å². The minimum absolute atomic E-state index is 0.00625. The summed E-state index contributed by atoms with van der Waals surface area (Å²) in [5, 5.41) is 5.91. The van der Waals surface area contributed by atoms with Crippen LogP contribution in [0, 0.1) is 19.3 Å². The Balaban J connectivity index is 2.81. The van der Waals surface area contributed by atoms with Crippen LogP contribution in [-0.2, 0) is 4.79 Å². The number of anilines is 2. The molecular weight excluding hydrogens is 200 g/mol.